The molecule has 0 radical (unpaired) electrons. The molecule has 0 amide bonds. The fourth-order valence-corrected chi connectivity index (χ4v) is 3.98. The lowest BCUT2D eigenvalue weighted by molar-refractivity contribution is 0.176. The Kier molecular flexibility index (Phi) is 6.21. The van der Waals surface area contributed by atoms with Crippen LogP contribution in [0.1, 0.15) is 28.5 Å². The summed E-state index contributed by atoms with van der Waals surface area (Å²) in [4.78, 5) is 5.51. The number of methoxy groups -OCH3 is 1. The van der Waals surface area contributed by atoms with Crippen molar-refractivity contribution in [3.63, 3.8) is 0 Å². The van der Waals surface area contributed by atoms with Crippen molar-refractivity contribution < 1.29 is 14.2 Å². The molecule has 4 rings (SSSR count). The lowest BCUT2D eigenvalue weighted by Crippen LogP contribution is -2.17. The number of ether oxygens (including phenoxy) is 3. The van der Waals surface area contributed by atoms with Crippen molar-refractivity contribution in [2.24, 2.45) is 0 Å². The number of fused-ring (bicyclic) bond motifs is 1. The Hall–Kier alpha value is -2.41. The molecule has 2 aromatic carbocycles. The second kappa shape index (κ2) is 9.19. The third-order valence-electron chi connectivity index (χ3n) is 4.67. The molecule has 0 fully saturated rings. The molecular formula is C22H24N2O3S. The second-order valence-corrected chi connectivity index (χ2v) is 7.77. The Morgan fingerprint density at radius 2 is 2.11 bits per heavy atom. The first-order valence-electron chi connectivity index (χ1n) is 9.48. The molecular weight excluding hydrogens is 372 g/mol. The van der Waals surface area contributed by atoms with Gasteiger partial charge in [0.15, 0.2) is 0 Å². The molecule has 1 aromatic heterocycles. The van der Waals surface area contributed by atoms with Gasteiger partial charge in [0.25, 0.3) is 5.19 Å². The van der Waals surface area contributed by atoms with Crippen LogP contribution in [0.3, 0.4) is 0 Å². The average Bonchev–Trinajstić information content (AvgIpc) is 3.18. The van der Waals surface area contributed by atoms with E-state index < -0.39 is 0 Å². The van der Waals surface area contributed by atoms with E-state index in [-0.39, 0.29) is 6.10 Å². The van der Waals surface area contributed by atoms with Gasteiger partial charge in [-0.1, -0.05) is 41.7 Å². The molecule has 1 atom stereocenters. The Morgan fingerprint density at radius 1 is 1.21 bits per heavy atom. The molecule has 0 aliphatic carbocycles. The summed E-state index contributed by atoms with van der Waals surface area (Å²) in [5.74, 6) is 1.74. The van der Waals surface area contributed by atoms with Gasteiger partial charge >= 0.3 is 0 Å². The van der Waals surface area contributed by atoms with Crippen LogP contribution >= 0.6 is 11.3 Å². The number of rotatable bonds is 8. The van der Waals surface area contributed by atoms with Gasteiger partial charge in [-0.2, -0.15) is 0 Å². The zero-order valence-corrected chi connectivity index (χ0v) is 16.7. The molecule has 1 N–H and O–H groups in total. The van der Waals surface area contributed by atoms with E-state index in [0.29, 0.717) is 11.8 Å². The third-order valence-corrected chi connectivity index (χ3v) is 5.54. The molecule has 1 aliphatic heterocycles. The van der Waals surface area contributed by atoms with Gasteiger partial charge in [-0.15, -0.1) is 0 Å². The largest absolute Gasteiger partial charge is 0.485 e. The first kappa shape index (κ1) is 18.9. The number of hydrogen-bond donors (Lipinski definition) is 1. The first-order chi connectivity index (χ1) is 13.8. The summed E-state index contributed by atoms with van der Waals surface area (Å²) in [5.41, 5.74) is 2.41. The van der Waals surface area contributed by atoms with Crippen molar-refractivity contribution in [2.75, 3.05) is 20.3 Å². The first-order valence-corrected chi connectivity index (χ1v) is 10.3. The minimum atomic E-state index is 0.118. The van der Waals surface area contributed by atoms with Crippen molar-refractivity contribution in [2.45, 2.75) is 25.5 Å². The summed E-state index contributed by atoms with van der Waals surface area (Å²) < 4.78 is 17.2. The quantitative estimate of drug-likeness (QED) is 0.558. The summed E-state index contributed by atoms with van der Waals surface area (Å²) in [6.07, 6.45) is 3.91. The molecule has 1 unspecified atom stereocenters. The van der Waals surface area contributed by atoms with Crippen molar-refractivity contribution in [3.8, 4) is 16.7 Å². The molecule has 0 saturated heterocycles. The maximum absolute atomic E-state index is 6.20. The summed E-state index contributed by atoms with van der Waals surface area (Å²) >= 11 is 1.55. The van der Waals surface area contributed by atoms with E-state index in [9.17, 15) is 0 Å². The van der Waals surface area contributed by atoms with Crippen LogP contribution in [-0.4, -0.2) is 25.2 Å². The van der Waals surface area contributed by atoms with E-state index in [2.05, 4.69) is 40.6 Å². The molecule has 2 heterocycles. The Balaban J connectivity index is 1.37. The molecule has 3 aromatic rings. The lowest BCUT2D eigenvalue weighted by Gasteiger charge is -2.26. The van der Waals surface area contributed by atoms with Crippen molar-refractivity contribution >= 4 is 11.3 Å². The molecule has 5 nitrogen and oxygen atoms in total. The number of nitrogens with zero attached hydrogens (tertiary/aromatic N) is 1. The number of nitrogens with one attached hydrogen (secondary N) is 1. The maximum atomic E-state index is 6.20. The lowest BCUT2D eigenvalue weighted by atomic mass is 9.97. The zero-order chi connectivity index (χ0) is 19.2. The highest BCUT2D eigenvalue weighted by molar-refractivity contribution is 7.13. The minimum absolute atomic E-state index is 0.118. The standard InChI is InChI=1S/C22H24N2O3S/c1-25-12-11-23-14-19-15-24-22(28-19)26-18-8-10-21-17(13-18)7-9-20(27-21)16-5-3-2-4-6-16/h2-6,8,10,13,15,20,23H,7,9,11-12,14H2,1H3. The zero-order valence-electron chi connectivity index (χ0n) is 15.9. The van der Waals surface area contributed by atoms with Gasteiger partial charge in [-0.05, 0) is 42.2 Å². The number of thiazole rings is 1. The molecule has 6 heteroatoms. The van der Waals surface area contributed by atoms with Crippen molar-refractivity contribution in [1.82, 2.24) is 10.3 Å². The van der Waals surface area contributed by atoms with Crippen molar-refractivity contribution in [3.05, 3.63) is 70.7 Å². The smallest absolute Gasteiger partial charge is 0.278 e. The van der Waals surface area contributed by atoms with E-state index in [0.717, 1.165) is 42.3 Å². The predicted molar refractivity (Wildman–Crippen MR) is 110 cm³/mol. The molecule has 0 spiro atoms. The van der Waals surface area contributed by atoms with E-state index >= 15 is 0 Å². The van der Waals surface area contributed by atoms with Crippen LogP contribution in [0.2, 0.25) is 0 Å². The van der Waals surface area contributed by atoms with Crippen molar-refractivity contribution in [1.29, 1.82) is 0 Å². The molecule has 28 heavy (non-hydrogen) atoms. The second-order valence-electron chi connectivity index (χ2n) is 6.69. The van der Waals surface area contributed by atoms with Gasteiger partial charge in [0.2, 0.25) is 0 Å². The highest BCUT2D eigenvalue weighted by Gasteiger charge is 2.21. The summed E-state index contributed by atoms with van der Waals surface area (Å²) in [5, 5.41) is 3.97. The number of aryl methyl sites for hydroxylation is 1. The summed E-state index contributed by atoms with van der Waals surface area (Å²) in [6.45, 7) is 2.28. The summed E-state index contributed by atoms with van der Waals surface area (Å²) in [7, 11) is 1.70. The van der Waals surface area contributed by atoms with Gasteiger partial charge in [0, 0.05) is 31.3 Å². The monoisotopic (exact) mass is 396 g/mol. The third kappa shape index (κ3) is 4.70. The molecule has 1 aliphatic rings. The SMILES string of the molecule is COCCNCc1cnc(Oc2ccc3c(c2)CCC(c2ccccc2)O3)s1. The Bertz CT molecular complexity index is 898. The number of aromatic nitrogens is 1. The number of benzene rings is 2. The van der Waals surface area contributed by atoms with Crippen LogP contribution < -0.4 is 14.8 Å². The van der Waals surface area contributed by atoms with Crippen LogP contribution in [0.15, 0.2) is 54.7 Å². The van der Waals surface area contributed by atoms with Gasteiger partial charge in [-0.3, -0.25) is 0 Å². The fourth-order valence-electron chi connectivity index (χ4n) is 3.24. The highest BCUT2D eigenvalue weighted by atomic mass is 32.1. The van der Waals surface area contributed by atoms with Gasteiger partial charge in [-0.25, -0.2) is 4.98 Å². The van der Waals surface area contributed by atoms with E-state index in [1.807, 2.05) is 24.4 Å². The maximum Gasteiger partial charge on any atom is 0.278 e. The van der Waals surface area contributed by atoms with E-state index in [4.69, 9.17) is 14.2 Å². The van der Waals surface area contributed by atoms with Gasteiger partial charge in [0.05, 0.1) is 6.61 Å². The van der Waals surface area contributed by atoms with E-state index in [1.165, 1.54) is 11.1 Å². The topological polar surface area (TPSA) is 52.6 Å². The van der Waals surface area contributed by atoms with Gasteiger partial charge < -0.3 is 19.5 Å². The minimum Gasteiger partial charge on any atom is -0.485 e. The van der Waals surface area contributed by atoms with Crippen LogP contribution in [0, 0.1) is 0 Å². The fraction of sp³-hybridized carbons (Fsp3) is 0.318. The predicted octanol–water partition coefficient (Wildman–Crippen LogP) is 4.74. The summed E-state index contributed by atoms with van der Waals surface area (Å²) in [6, 6.07) is 16.4. The van der Waals surface area contributed by atoms with Crippen LogP contribution in [0.25, 0.3) is 0 Å². The van der Waals surface area contributed by atoms with Crippen LogP contribution in [0.4, 0.5) is 0 Å². The molecule has 0 saturated carbocycles. The Labute approximate surface area is 169 Å². The highest BCUT2D eigenvalue weighted by Crippen LogP contribution is 2.37. The normalized spacial score (nSPS) is 15.7. The van der Waals surface area contributed by atoms with Crippen LogP contribution in [0.5, 0.6) is 16.7 Å². The van der Waals surface area contributed by atoms with E-state index in [1.54, 1.807) is 18.4 Å². The molecule has 0 bridgehead atoms. The van der Waals surface area contributed by atoms with Crippen LogP contribution in [-0.2, 0) is 17.7 Å². The van der Waals surface area contributed by atoms with Gasteiger partial charge in [0.1, 0.15) is 17.6 Å². The number of hydrogen-bond acceptors (Lipinski definition) is 6. The average molecular weight is 397 g/mol. The molecule has 146 valence electrons. The Morgan fingerprint density at radius 3 is 2.96 bits per heavy atom.